The third-order valence-electron chi connectivity index (χ3n) is 4.81. The van der Waals surface area contributed by atoms with Crippen LogP contribution in [0.5, 0.6) is 5.75 Å². The van der Waals surface area contributed by atoms with E-state index in [0.717, 1.165) is 17.7 Å². The first kappa shape index (κ1) is 20.0. The first-order valence-corrected chi connectivity index (χ1v) is 9.18. The summed E-state index contributed by atoms with van der Waals surface area (Å²) in [7, 11) is 0. The van der Waals surface area contributed by atoms with Gasteiger partial charge in [0.05, 0.1) is 5.56 Å². The summed E-state index contributed by atoms with van der Waals surface area (Å²) >= 11 is 0. The van der Waals surface area contributed by atoms with Crippen LogP contribution in [0.2, 0.25) is 0 Å². The van der Waals surface area contributed by atoms with Gasteiger partial charge in [0.1, 0.15) is 5.75 Å². The van der Waals surface area contributed by atoms with Crippen LogP contribution in [0, 0.1) is 6.92 Å². The van der Waals surface area contributed by atoms with Gasteiger partial charge >= 0.3 is 6.18 Å². The van der Waals surface area contributed by atoms with E-state index in [1.807, 2.05) is 36.1 Å². The van der Waals surface area contributed by atoms with Gasteiger partial charge in [0.25, 0.3) is 5.91 Å². The Bertz CT molecular complexity index is 813. The van der Waals surface area contributed by atoms with E-state index in [4.69, 9.17) is 4.74 Å². The highest BCUT2D eigenvalue weighted by Gasteiger charge is 2.31. The summed E-state index contributed by atoms with van der Waals surface area (Å²) in [5.41, 5.74) is 0.964. The Morgan fingerprint density at radius 1 is 1.04 bits per heavy atom. The van der Waals surface area contributed by atoms with Crippen LogP contribution in [-0.4, -0.2) is 43.1 Å². The molecule has 0 radical (unpaired) electrons. The lowest BCUT2D eigenvalue weighted by Crippen LogP contribution is -2.52. The molecule has 150 valence electrons. The molecule has 7 heteroatoms. The Labute approximate surface area is 162 Å². The van der Waals surface area contributed by atoms with E-state index in [-0.39, 0.29) is 5.91 Å². The number of piperazine rings is 1. The zero-order valence-corrected chi connectivity index (χ0v) is 15.9. The van der Waals surface area contributed by atoms with Crippen LogP contribution in [0.1, 0.15) is 18.1 Å². The molecule has 1 fully saturated rings. The van der Waals surface area contributed by atoms with Gasteiger partial charge in [-0.15, -0.1) is 0 Å². The smallest absolute Gasteiger partial charge is 0.416 e. The zero-order valence-electron chi connectivity index (χ0n) is 15.9. The maximum atomic E-state index is 12.9. The minimum atomic E-state index is -4.36. The van der Waals surface area contributed by atoms with E-state index in [1.165, 1.54) is 6.07 Å². The largest absolute Gasteiger partial charge is 0.481 e. The van der Waals surface area contributed by atoms with Crippen LogP contribution in [0.3, 0.4) is 0 Å². The number of carbonyl (C=O) groups is 1. The third-order valence-corrected chi connectivity index (χ3v) is 4.81. The molecule has 1 aliphatic heterocycles. The van der Waals surface area contributed by atoms with Crippen molar-refractivity contribution in [3.8, 4) is 5.75 Å². The second kappa shape index (κ2) is 8.12. The number of ether oxygens (including phenoxy) is 1. The van der Waals surface area contributed by atoms with Crippen molar-refractivity contribution >= 4 is 11.6 Å². The van der Waals surface area contributed by atoms with E-state index in [9.17, 15) is 18.0 Å². The van der Waals surface area contributed by atoms with Gasteiger partial charge in [-0.2, -0.15) is 13.2 Å². The first-order valence-electron chi connectivity index (χ1n) is 9.18. The Kier molecular flexibility index (Phi) is 5.82. The van der Waals surface area contributed by atoms with Crippen LogP contribution in [0.4, 0.5) is 18.9 Å². The fraction of sp³-hybridized carbons (Fsp3) is 0.381. The van der Waals surface area contributed by atoms with Crippen molar-refractivity contribution in [2.45, 2.75) is 26.1 Å². The number of rotatable bonds is 4. The molecule has 3 rings (SSSR count). The fourth-order valence-corrected chi connectivity index (χ4v) is 3.19. The number of hydrogen-bond acceptors (Lipinski definition) is 3. The van der Waals surface area contributed by atoms with Gasteiger partial charge in [0.15, 0.2) is 6.10 Å². The standard InChI is InChI=1S/C21H23F3N2O2/c1-15-6-8-19(9-7-15)28-16(2)20(27)26-12-10-25(11-13-26)18-5-3-4-17(14-18)21(22,23)24/h3-9,14,16H,10-13H2,1-2H3/t16-/m0/s1. The van der Waals surface area contributed by atoms with E-state index in [1.54, 1.807) is 17.9 Å². The summed E-state index contributed by atoms with van der Waals surface area (Å²) in [6, 6.07) is 12.8. The Morgan fingerprint density at radius 2 is 1.68 bits per heavy atom. The number of halogens is 3. The molecule has 0 N–H and O–H groups in total. The lowest BCUT2D eigenvalue weighted by molar-refractivity contribution is -0.138. The molecule has 28 heavy (non-hydrogen) atoms. The fourth-order valence-electron chi connectivity index (χ4n) is 3.19. The number of amides is 1. The summed E-state index contributed by atoms with van der Waals surface area (Å²) in [4.78, 5) is 16.2. The third kappa shape index (κ3) is 4.77. The maximum absolute atomic E-state index is 12.9. The molecule has 1 atom stereocenters. The number of anilines is 1. The molecular weight excluding hydrogens is 369 g/mol. The zero-order chi connectivity index (χ0) is 20.3. The van der Waals surface area contributed by atoms with Crippen molar-refractivity contribution in [3.63, 3.8) is 0 Å². The van der Waals surface area contributed by atoms with E-state index >= 15 is 0 Å². The predicted octanol–water partition coefficient (Wildman–Crippen LogP) is 4.13. The maximum Gasteiger partial charge on any atom is 0.416 e. The van der Waals surface area contributed by atoms with Crippen LogP contribution in [-0.2, 0) is 11.0 Å². The van der Waals surface area contributed by atoms with Crippen molar-refractivity contribution in [1.82, 2.24) is 4.90 Å². The lowest BCUT2D eigenvalue weighted by Gasteiger charge is -2.37. The van der Waals surface area contributed by atoms with Crippen molar-refractivity contribution < 1.29 is 22.7 Å². The average molecular weight is 392 g/mol. The number of benzene rings is 2. The molecule has 0 spiro atoms. The summed E-state index contributed by atoms with van der Waals surface area (Å²) in [5.74, 6) is 0.512. The summed E-state index contributed by atoms with van der Waals surface area (Å²) in [6.07, 6.45) is -4.99. The van der Waals surface area contributed by atoms with Crippen molar-refractivity contribution in [2.75, 3.05) is 31.1 Å². The number of alkyl halides is 3. The minimum Gasteiger partial charge on any atom is -0.481 e. The van der Waals surface area contributed by atoms with Gasteiger partial charge in [0.2, 0.25) is 0 Å². The molecule has 1 amide bonds. The van der Waals surface area contributed by atoms with Crippen LogP contribution in [0.25, 0.3) is 0 Å². The normalized spacial score (nSPS) is 16.0. The van der Waals surface area contributed by atoms with Gasteiger partial charge in [-0.3, -0.25) is 4.79 Å². The molecule has 1 aliphatic rings. The van der Waals surface area contributed by atoms with Gasteiger partial charge in [0, 0.05) is 31.9 Å². The van der Waals surface area contributed by atoms with Crippen LogP contribution >= 0.6 is 0 Å². The van der Waals surface area contributed by atoms with Gasteiger partial charge < -0.3 is 14.5 Å². The lowest BCUT2D eigenvalue weighted by atomic mass is 10.1. The van der Waals surface area contributed by atoms with E-state index < -0.39 is 17.8 Å². The van der Waals surface area contributed by atoms with E-state index in [2.05, 4.69) is 0 Å². The average Bonchev–Trinajstić information content (AvgIpc) is 2.69. The number of carbonyl (C=O) groups excluding carboxylic acids is 1. The molecule has 0 saturated carbocycles. The Hall–Kier alpha value is -2.70. The monoisotopic (exact) mass is 392 g/mol. The van der Waals surface area contributed by atoms with Gasteiger partial charge in [-0.05, 0) is 44.2 Å². The molecule has 2 aromatic rings. The topological polar surface area (TPSA) is 32.8 Å². The molecule has 0 bridgehead atoms. The summed E-state index contributed by atoms with van der Waals surface area (Å²) in [6.45, 7) is 5.52. The minimum absolute atomic E-state index is 0.121. The molecule has 0 aromatic heterocycles. The molecule has 0 aliphatic carbocycles. The molecule has 0 unspecified atom stereocenters. The van der Waals surface area contributed by atoms with Crippen molar-refractivity contribution in [2.24, 2.45) is 0 Å². The highest BCUT2D eigenvalue weighted by atomic mass is 19.4. The Balaban J connectivity index is 1.57. The van der Waals surface area contributed by atoms with Crippen LogP contribution in [0.15, 0.2) is 48.5 Å². The number of aryl methyl sites for hydroxylation is 1. The predicted molar refractivity (Wildman–Crippen MR) is 102 cm³/mol. The van der Waals surface area contributed by atoms with Crippen LogP contribution < -0.4 is 9.64 Å². The van der Waals surface area contributed by atoms with E-state index in [0.29, 0.717) is 37.6 Å². The molecular formula is C21H23F3N2O2. The van der Waals surface area contributed by atoms with Crippen molar-refractivity contribution in [1.29, 1.82) is 0 Å². The highest BCUT2D eigenvalue weighted by Crippen LogP contribution is 2.31. The summed E-state index contributed by atoms with van der Waals surface area (Å²) in [5, 5.41) is 0. The van der Waals surface area contributed by atoms with Gasteiger partial charge in [-0.25, -0.2) is 0 Å². The van der Waals surface area contributed by atoms with Crippen molar-refractivity contribution in [3.05, 3.63) is 59.7 Å². The highest BCUT2D eigenvalue weighted by molar-refractivity contribution is 5.81. The number of nitrogens with zero attached hydrogens (tertiary/aromatic N) is 2. The second-order valence-electron chi connectivity index (χ2n) is 6.93. The quantitative estimate of drug-likeness (QED) is 0.784. The molecule has 2 aromatic carbocycles. The Morgan fingerprint density at radius 3 is 2.29 bits per heavy atom. The molecule has 4 nitrogen and oxygen atoms in total. The first-order chi connectivity index (χ1) is 13.2. The molecule has 1 heterocycles. The summed E-state index contributed by atoms with van der Waals surface area (Å²) < 4.78 is 44.4. The number of hydrogen-bond donors (Lipinski definition) is 0. The second-order valence-corrected chi connectivity index (χ2v) is 6.93. The molecule has 1 saturated heterocycles. The SMILES string of the molecule is Cc1ccc(O[C@@H](C)C(=O)N2CCN(c3cccc(C(F)(F)F)c3)CC2)cc1. The van der Waals surface area contributed by atoms with Gasteiger partial charge in [-0.1, -0.05) is 23.8 Å².